The van der Waals surface area contributed by atoms with Crippen molar-refractivity contribution in [1.29, 1.82) is 0 Å². The third-order valence-electron chi connectivity index (χ3n) is 1.52. The largest absolute Gasteiger partial charge is 0.397 e. The number of nitrogens with two attached hydrogens (primary N) is 1. The normalized spacial score (nSPS) is 10.6. The average molecular weight is 285 g/mol. The molecule has 0 aromatic carbocycles. The molecule has 0 saturated carbocycles. The van der Waals surface area contributed by atoms with Gasteiger partial charge in [-0.25, -0.2) is 13.8 Å². The molecule has 0 amide bonds. The molecule has 76 valence electrons. The molecular formula is C7H4BrClF2N2O. The Bertz CT molecular complexity index is 386. The van der Waals surface area contributed by atoms with Crippen LogP contribution in [-0.4, -0.2) is 10.2 Å². The van der Waals surface area contributed by atoms with Gasteiger partial charge in [0.2, 0.25) is 0 Å². The molecule has 0 aliphatic rings. The quantitative estimate of drug-likeness (QED) is 0.671. The van der Waals surface area contributed by atoms with Gasteiger partial charge in [-0.2, -0.15) is 0 Å². The van der Waals surface area contributed by atoms with E-state index < -0.39 is 17.2 Å². The highest BCUT2D eigenvalue weighted by atomic mass is 79.9. The summed E-state index contributed by atoms with van der Waals surface area (Å²) in [4.78, 5) is 14.4. The van der Waals surface area contributed by atoms with Crippen LogP contribution in [0.25, 0.3) is 0 Å². The smallest absolute Gasteiger partial charge is 0.266 e. The number of alkyl halides is 2. The van der Waals surface area contributed by atoms with Crippen LogP contribution in [0, 0.1) is 0 Å². The molecule has 0 bridgehead atoms. The van der Waals surface area contributed by atoms with Crippen molar-refractivity contribution in [1.82, 2.24) is 4.98 Å². The summed E-state index contributed by atoms with van der Waals surface area (Å²) in [6, 6.07) is 0. The molecule has 1 aromatic rings. The lowest BCUT2D eigenvalue weighted by atomic mass is 10.1. The van der Waals surface area contributed by atoms with Crippen molar-refractivity contribution in [2.24, 2.45) is 0 Å². The Morgan fingerprint density at radius 3 is 2.57 bits per heavy atom. The zero-order valence-corrected chi connectivity index (χ0v) is 8.94. The Kier molecular flexibility index (Phi) is 3.38. The first-order chi connectivity index (χ1) is 6.45. The van der Waals surface area contributed by atoms with Gasteiger partial charge in [-0.05, 0) is 27.5 Å². The lowest BCUT2D eigenvalue weighted by Gasteiger charge is -2.09. The first-order valence-corrected chi connectivity index (χ1v) is 4.54. The summed E-state index contributed by atoms with van der Waals surface area (Å²) in [5.41, 5.74) is 4.02. The number of carbonyl (C=O) groups is 1. The average Bonchev–Trinajstić information content (AvgIpc) is 2.07. The standard InChI is InChI=1S/C7H4BrClF2N2O/c8-5-4(6(9)14)3(7(10)11)2(12)1-13-5/h1,7H,12H2. The Morgan fingerprint density at radius 1 is 1.64 bits per heavy atom. The molecule has 0 unspecified atom stereocenters. The number of nitrogen functional groups attached to an aromatic ring is 1. The predicted octanol–water partition coefficient (Wildman–Crippen LogP) is 2.74. The monoisotopic (exact) mass is 284 g/mol. The number of anilines is 1. The van der Waals surface area contributed by atoms with Gasteiger partial charge in [0, 0.05) is 0 Å². The highest BCUT2D eigenvalue weighted by molar-refractivity contribution is 9.10. The maximum absolute atomic E-state index is 12.5. The zero-order chi connectivity index (χ0) is 10.9. The van der Waals surface area contributed by atoms with E-state index in [1.165, 1.54) is 0 Å². The van der Waals surface area contributed by atoms with Crippen LogP contribution in [0.2, 0.25) is 0 Å². The van der Waals surface area contributed by atoms with Gasteiger partial charge in [0.05, 0.1) is 23.0 Å². The molecule has 0 saturated heterocycles. The molecular weight excluding hydrogens is 281 g/mol. The molecule has 0 spiro atoms. The molecule has 0 atom stereocenters. The number of nitrogens with zero attached hydrogens (tertiary/aromatic N) is 1. The van der Waals surface area contributed by atoms with Crippen molar-refractivity contribution in [3.63, 3.8) is 0 Å². The van der Waals surface area contributed by atoms with Crippen LogP contribution in [0.1, 0.15) is 22.3 Å². The fourth-order valence-electron chi connectivity index (χ4n) is 0.938. The van der Waals surface area contributed by atoms with E-state index in [1.807, 2.05) is 0 Å². The van der Waals surface area contributed by atoms with Crippen molar-refractivity contribution in [3.05, 3.63) is 21.9 Å². The highest BCUT2D eigenvalue weighted by Crippen LogP contribution is 2.32. The van der Waals surface area contributed by atoms with E-state index in [2.05, 4.69) is 20.9 Å². The molecule has 2 N–H and O–H groups in total. The molecule has 0 aliphatic carbocycles. The minimum absolute atomic E-state index is 0.0398. The van der Waals surface area contributed by atoms with Crippen LogP contribution < -0.4 is 5.73 Å². The molecule has 0 aliphatic heterocycles. The van der Waals surface area contributed by atoms with Crippen LogP contribution >= 0.6 is 27.5 Å². The van der Waals surface area contributed by atoms with Crippen molar-refractivity contribution >= 4 is 38.5 Å². The Balaban J connectivity index is 3.50. The van der Waals surface area contributed by atoms with E-state index in [0.717, 1.165) is 6.20 Å². The third-order valence-corrected chi connectivity index (χ3v) is 2.31. The van der Waals surface area contributed by atoms with Crippen LogP contribution in [0.15, 0.2) is 10.8 Å². The Labute approximate surface area is 91.4 Å². The summed E-state index contributed by atoms with van der Waals surface area (Å²) in [6.07, 6.45) is -1.83. The van der Waals surface area contributed by atoms with E-state index in [-0.39, 0.29) is 15.9 Å². The minimum atomic E-state index is -2.87. The van der Waals surface area contributed by atoms with Crippen molar-refractivity contribution in [2.45, 2.75) is 6.43 Å². The maximum Gasteiger partial charge on any atom is 0.266 e. The summed E-state index contributed by atoms with van der Waals surface area (Å²) in [7, 11) is 0. The van der Waals surface area contributed by atoms with Gasteiger partial charge in [0.1, 0.15) is 4.60 Å². The number of aromatic nitrogens is 1. The van der Waals surface area contributed by atoms with Gasteiger partial charge in [-0.15, -0.1) is 0 Å². The molecule has 1 heterocycles. The van der Waals surface area contributed by atoms with E-state index in [0.29, 0.717) is 0 Å². The van der Waals surface area contributed by atoms with Gasteiger partial charge in [0.15, 0.2) is 0 Å². The molecule has 7 heteroatoms. The van der Waals surface area contributed by atoms with Gasteiger partial charge < -0.3 is 5.73 Å². The zero-order valence-electron chi connectivity index (χ0n) is 6.60. The molecule has 0 fully saturated rings. The fraction of sp³-hybridized carbons (Fsp3) is 0.143. The number of carbonyl (C=O) groups excluding carboxylic acids is 1. The summed E-state index contributed by atoms with van der Waals surface area (Å²) in [6.45, 7) is 0. The van der Waals surface area contributed by atoms with E-state index in [9.17, 15) is 13.6 Å². The molecule has 3 nitrogen and oxygen atoms in total. The summed E-state index contributed by atoms with van der Waals surface area (Å²) < 4.78 is 24.9. The topological polar surface area (TPSA) is 56.0 Å². The van der Waals surface area contributed by atoms with E-state index in [1.54, 1.807) is 0 Å². The number of hydrogen-bond donors (Lipinski definition) is 1. The first-order valence-electron chi connectivity index (χ1n) is 3.37. The van der Waals surface area contributed by atoms with Crippen LogP contribution in [0.5, 0.6) is 0 Å². The van der Waals surface area contributed by atoms with Gasteiger partial charge in [0.25, 0.3) is 11.7 Å². The van der Waals surface area contributed by atoms with Gasteiger partial charge >= 0.3 is 0 Å². The van der Waals surface area contributed by atoms with Crippen molar-refractivity contribution < 1.29 is 13.6 Å². The highest BCUT2D eigenvalue weighted by Gasteiger charge is 2.23. The third kappa shape index (κ3) is 2.01. The first kappa shape index (κ1) is 11.3. The summed E-state index contributed by atoms with van der Waals surface area (Å²) in [5, 5.41) is -1.02. The van der Waals surface area contributed by atoms with Crippen LogP contribution in [0.4, 0.5) is 14.5 Å². The Hall–Kier alpha value is -0.750. The second-order valence-corrected chi connectivity index (χ2v) is 3.46. The van der Waals surface area contributed by atoms with E-state index >= 15 is 0 Å². The molecule has 1 rings (SSSR count). The number of rotatable bonds is 2. The predicted molar refractivity (Wildman–Crippen MR) is 51.5 cm³/mol. The van der Waals surface area contributed by atoms with Crippen LogP contribution in [0.3, 0.4) is 0 Å². The summed E-state index contributed by atoms with van der Waals surface area (Å²) in [5.74, 6) is 0. The SMILES string of the molecule is Nc1cnc(Br)c(C(=O)Cl)c1C(F)F. The lowest BCUT2D eigenvalue weighted by molar-refractivity contribution is 0.106. The Morgan fingerprint density at radius 2 is 2.21 bits per heavy atom. The van der Waals surface area contributed by atoms with Gasteiger partial charge in [-0.1, -0.05) is 0 Å². The molecule has 0 radical (unpaired) electrons. The lowest BCUT2D eigenvalue weighted by Crippen LogP contribution is -2.06. The number of pyridine rings is 1. The van der Waals surface area contributed by atoms with Crippen LogP contribution in [-0.2, 0) is 0 Å². The van der Waals surface area contributed by atoms with Crippen molar-refractivity contribution in [2.75, 3.05) is 5.73 Å². The number of halogens is 4. The second kappa shape index (κ2) is 4.18. The summed E-state index contributed by atoms with van der Waals surface area (Å²) >= 11 is 7.98. The fourth-order valence-corrected chi connectivity index (χ4v) is 1.74. The maximum atomic E-state index is 12.5. The number of hydrogen-bond acceptors (Lipinski definition) is 3. The molecule has 14 heavy (non-hydrogen) atoms. The second-order valence-electron chi connectivity index (χ2n) is 2.37. The van der Waals surface area contributed by atoms with Gasteiger partial charge in [-0.3, -0.25) is 4.79 Å². The van der Waals surface area contributed by atoms with Crippen molar-refractivity contribution in [3.8, 4) is 0 Å². The molecule has 1 aromatic heterocycles. The van der Waals surface area contributed by atoms with E-state index in [4.69, 9.17) is 17.3 Å². The minimum Gasteiger partial charge on any atom is -0.397 e.